The van der Waals surface area contributed by atoms with Gasteiger partial charge in [-0.05, 0) is 12.8 Å². The molecule has 1 aromatic rings. The number of hydrogen-bond donors (Lipinski definition) is 1. The molecule has 0 unspecified atom stereocenters. The van der Waals surface area contributed by atoms with Crippen LogP contribution in [0.2, 0.25) is 0 Å². The molecule has 0 spiro atoms. The fraction of sp³-hybridized carbons (Fsp3) is 0.500. The predicted octanol–water partition coefficient (Wildman–Crippen LogP) is 2.31. The van der Waals surface area contributed by atoms with Gasteiger partial charge >= 0.3 is 5.97 Å². The molecular formula is C12H17N3O4. The maximum atomic E-state index is 11.2. The Hall–Kier alpha value is -2.18. The van der Waals surface area contributed by atoms with E-state index in [0.717, 1.165) is 25.1 Å². The summed E-state index contributed by atoms with van der Waals surface area (Å²) in [5, 5.41) is 19.8. The molecule has 104 valence electrons. The minimum absolute atomic E-state index is 0.129. The fourth-order valence-corrected chi connectivity index (χ4v) is 1.82. The molecule has 1 heterocycles. The van der Waals surface area contributed by atoms with Gasteiger partial charge in [-0.25, -0.2) is 9.78 Å². The number of carbonyl (C=O) groups is 1. The highest BCUT2D eigenvalue weighted by atomic mass is 16.6. The first-order valence-electron chi connectivity index (χ1n) is 6.13. The van der Waals surface area contributed by atoms with Gasteiger partial charge in [0.2, 0.25) is 0 Å². The summed E-state index contributed by atoms with van der Waals surface area (Å²) in [5.41, 5.74) is -0.440. The van der Waals surface area contributed by atoms with E-state index in [2.05, 4.69) is 4.98 Å². The molecular weight excluding hydrogens is 250 g/mol. The Kier molecular flexibility index (Phi) is 5.23. The molecule has 7 nitrogen and oxygen atoms in total. The Morgan fingerprint density at radius 3 is 2.42 bits per heavy atom. The van der Waals surface area contributed by atoms with Crippen LogP contribution in [0.25, 0.3) is 0 Å². The van der Waals surface area contributed by atoms with Crippen LogP contribution in [0.1, 0.15) is 37.0 Å². The lowest BCUT2D eigenvalue weighted by molar-refractivity contribution is -0.385. The molecule has 0 aromatic carbocycles. The molecule has 0 aliphatic carbocycles. The molecule has 0 fully saturated rings. The van der Waals surface area contributed by atoms with Crippen molar-refractivity contribution >= 4 is 17.5 Å². The first-order chi connectivity index (χ1) is 9.01. The van der Waals surface area contributed by atoms with E-state index in [4.69, 9.17) is 5.11 Å². The van der Waals surface area contributed by atoms with Gasteiger partial charge in [-0.15, -0.1) is 0 Å². The molecule has 0 bridgehead atoms. The number of hydrogen-bond acceptors (Lipinski definition) is 5. The third kappa shape index (κ3) is 3.64. The average molecular weight is 267 g/mol. The smallest absolute Gasteiger partial charge is 0.339 e. The molecule has 0 amide bonds. The second kappa shape index (κ2) is 6.67. The lowest BCUT2D eigenvalue weighted by Gasteiger charge is -2.23. The van der Waals surface area contributed by atoms with Gasteiger partial charge in [-0.1, -0.05) is 13.8 Å². The normalized spacial score (nSPS) is 10.2. The lowest BCUT2D eigenvalue weighted by atomic mass is 10.2. The molecule has 1 rings (SSSR count). The largest absolute Gasteiger partial charge is 0.478 e. The number of carboxylic acids is 1. The highest BCUT2D eigenvalue weighted by Crippen LogP contribution is 2.23. The molecule has 0 saturated heterocycles. The van der Waals surface area contributed by atoms with E-state index < -0.39 is 10.9 Å². The summed E-state index contributed by atoms with van der Waals surface area (Å²) in [6.07, 6.45) is 2.79. The molecule has 0 aliphatic heterocycles. The van der Waals surface area contributed by atoms with Gasteiger partial charge in [0.25, 0.3) is 5.69 Å². The van der Waals surface area contributed by atoms with Crippen LogP contribution in [-0.2, 0) is 0 Å². The molecule has 0 aliphatic rings. The van der Waals surface area contributed by atoms with Crippen molar-refractivity contribution in [3.63, 3.8) is 0 Å². The second-order valence-corrected chi connectivity index (χ2v) is 4.11. The summed E-state index contributed by atoms with van der Waals surface area (Å²) < 4.78 is 0. The first-order valence-corrected chi connectivity index (χ1v) is 6.13. The third-order valence-electron chi connectivity index (χ3n) is 2.58. The SMILES string of the molecule is CCCN(CCC)c1ncc([N+](=O)[O-])cc1C(=O)O. The Morgan fingerprint density at radius 2 is 2.00 bits per heavy atom. The van der Waals surface area contributed by atoms with Crippen molar-refractivity contribution in [2.45, 2.75) is 26.7 Å². The predicted molar refractivity (Wildman–Crippen MR) is 70.6 cm³/mol. The Morgan fingerprint density at radius 1 is 1.42 bits per heavy atom. The Balaban J connectivity index is 3.24. The van der Waals surface area contributed by atoms with Gasteiger partial charge in [-0.3, -0.25) is 10.1 Å². The standard InChI is InChI=1S/C12H17N3O4/c1-3-5-14(6-4-2)11-10(12(16)17)7-9(8-13-11)15(18)19/h7-8H,3-6H2,1-2H3,(H,16,17). The Labute approximate surface area is 111 Å². The zero-order chi connectivity index (χ0) is 14.4. The molecule has 19 heavy (non-hydrogen) atoms. The fourth-order valence-electron chi connectivity index (χ4n) is 1.82. The number of aromatic carboxylic acids is 1. The van der Waals surface area contributed by atoms with Crippen LogP contribution in [-0.4, -0.2) is 34.1 Å². The van der Waals surface area contributed by atoms with Gasteiger partial charge in [-0.2, -0.15) is 0 Å². The van der Waals surface area contributed by atoms with E-state index in [-0.39, 0.29) is 11.3 Å². The summed E-state index contributed by atoms with van der Waals surface area (Å²) in [4.78, 5) is 27.0. The maximum absolute atomic E-state index is 11.2. The molecule has 0 atom stereocenters. The number of rotatable bonds is 7. The van der Waals surface area contributed by atoms with Gasteiger partial charge in [0, 0.05) is 19.2 Å². The van der Waals surface area contributed by atoms with Crippen LogP contribution >= 0.6 is 0 Å². The van der Waals surface area contributed by atoms with E-state index in [9.17, 15) is 14.9 Å². The number of carboxylic acid groups (broad SMARTS) is 1. The van der Waals surface area contributed by atoms with Crippen molar-refractivity contribution < 1.29 is 14.8 Å². The zero-order valence-electron chi connectivity index (χ0n) is 11.0. The van der Waals surface area contributed by atoms with Gasteiger partial charge < -0.3 is 10.0 Å². The highest BCUT2D eigenvalue weighted by Gasteiger charge is 2.20. The number of pyridine rings is 1. The van der Waals surface area contributed by atoms with E-state index >= 15 is 0 Å². The minimum Gasteiger partial charge on any atom is -0.478 e. The van der Waals surface area contributed by atoms with Crippen molar-refractivity contribution in [3.05, 3.63) is 27.9 Å². The van der Waals surface area contributed by atoms with Crippen LogP contribution in [0.5, 0.6) is 0 Å². The zero-order valence-corrected chi connectivity index (χ0v) is 11.0. The maximum Gasteiger partial charge on any atom is 0.339 e. The van der Waals surface area contributed by atoms with Crippen molar-refractivity contribution in [2.24, 2.45) is 0 Å². The monoisotopic (exact) mass is 267 g/mol. The topological polar surface area (TPSA) is 96.6 Å². The molecule has 1 aromatic heterocycles. The highest BCUT2D eigenvalue weighted by molar-refractivity contribution is 5.94. The van der Waals surface area contributed by atoms with E-state index in [1.165, 1.54) is 0 Å². The third-order valence-corrected chi connectivity index (χ3v) is 2.58. The molecule has 7 heteroatoms. The van der Waals surface area contributed by atoms with Crippen molar-refractivity contribution in [3.8, 4) is 0 Å². The van der Waals surface area contributed by atoms with Crippen molar-refractivity contribution in [1.29, 1.82) is 0 Å². The number of anilines is 1. The minimum atomic E-state index is -1.21. The van der Waals surface area contributed by atoms with Crippen LogP contribution in [0.3, 0.4) is 0 Å². The van der Waals surface area contributed by atoms with Gasteiger partial charge in [0.1, 0.15) is 17.6 Å². The first kappa shape index (κ1) is 14.9. The van der Waals surface area contributed by atoms with E-state index in [1.54, 1.807) is 0 Å². The number of nitrogens with zero attached hydrogens (tertiary/aromatic N) is 3. The lowest BCUT2D eigenvalue weighted by Crippen LogP contribution is -2.28. The summed E-state index contributed by atoms with van der Waals surface area (Å²) in [5.74, 6) is -0.912. The van der Waals surface area contributed by atoms with E-state index in [1.807, 2.05) is 18.7 Å². The Bertz CT molecular complexity index is 470. The van der Waals surface area contributed by atoms with Crippen LogP contribution in [0.15, 0.2) is 12.3 Å². The number of aromatic nitrogens is 1. The summed E-state index contributed by atoms with van der Waals surface area (Å²) >= 11 is 0. The quantitative estimate of drug-likeness (QED) is 0.601. The molecule has 0 saturated carbocycles. The average Bonchev–Trinajstić information content (AvgIpc) is 2.37. The van der Waals surface area contributed by atoms with Crippen LogP contribution in [0, 0.1) is 10.1 Å². The van der Waals surface area contributed by atoms with Crippen LogP contribution in [0.4, 0.5) is 11.5 Å². The van der Waals surface area contributed by atoms with Crippen LogP contribution < -0.4 is 4.90 Å². The second-order valence-electron chi connectivity index (χ2n) is 4.11. The molecule has 0 radical (unpaired) electrons. The van der Waals surface area contributed by atoms with Gasteiger partial charge in [0.15, 0.2) is 0 Å². The van der Waals surface area contributed by atoms with Crippen molar-refractivity contribution in [2.75, 3.05) is 18.0 Å². The summed E-state index contributed by atoms with van der Waals surface area (Å²) in [6, 6.07) is 1.06. The molecule has 1 N–H and O–H groups in total. The summed E-state index contributed by atoms with van der Waals surface area (Å²) in [7, 11) is 0. The van der Waals surface area contributed by atoms with E-state index in [0.29, 0.717) is 18.9 Å². The van der Waals surface area contributed by atoms with Crippen molar-refractivity contribution in [1.82, 2.24) is 4.98 Å². The summed E-state index contributed by atoms with van der Waals surface area (Å²) in [6.45, 7) is 5.29. The van der Waals surface area contributed by atoms with Gasteiger partial charge in [0.05, 0.1) is 4.92 Å². The number of nitro groups is 1.